The monoisotopic (exact) mass is 435 g/mol. The molecule has 32 heavy (non-hydrogen) atoms. The van der Waals surface area contributed by atoms with Crippen LogP contribution in [0.3, 0.4) is 0 Å². The summed E-state index contributed by atoms with van der Waals surface area (Å²) in [7, 11) is 0. The van der Waals surface area contributed by atoms with Crippen LogP contribution in [0.25, 0.3) is 10.9 Å². The summed E-state index contributed by atoms with van der Waals surface area (Å²) in [5, 5.41) is 3.31. The second-order valence-electron chi connectivity index (χ2n) is 7.35. The summed E-state index contributed by atoms with van der Waals surface area (Å²) in [4.78, 5) is 53.5. The van der Waals surface area contributed by atoms with Gasteiger partial charge in [0, 0.05) is 29.2 Å². The maximum atomic E-state index is 12.7. The van der Waals surface area contributed by atoms with E-state index in [1.54, 1.807) is 30.3 Å². The van der Waals surface area contributed by atoms with Crippen molar-refractivity contribution >= 4 is 34.4 Å². The van der Waals surface area contributed by atoms with Crippen LogP contribution in [0.4, 0.5) is 5.69 Å². The van der Waals surface area contributed by atoms with Crippen molar-refractivity contribution in [1.29, 1.82) is 0 Å². The molecule has 2 aromatic carbocycles. The Morgan fingerprint density at radius 2 is 1.78 bits per heavy atom. The number of aryl methyl sites for hydroxylation is 1. The van der Waals surface area contributed by atoms with Crippen LogP contribution in [0.15, 0.2) is 59.4 Å². The normalized spacial score (nSPS) is 10.6. The molecule has 0 saturated heterocycles. The fraction of sp³-hybridized carbons (Fsp3) is 0.250. The third-order valence-electron chi connectivity index (χ3n) is 4.90. The van der Waals surface area contributed by atoms with E-state index in [0.29, 0.717) is 29.6 Å². The van der Waals surface area contributed by atoms with E-state index in [9.17, 15) is 19.2 Å². The molecule has 0 aliphatic rings. The van der Waals surface area contributed by atoms with Gasteiger partial charge in [-0.25, -0.2) is 4.79 Å². The number of pyridine rings is 1. The number of fused-ring (bicyclic) bond motifs is 1. The summed E-state index contributed by atoms with van der Waals surface area (Å²) < 4.78 is 5.18. The van der Waals surface area contributed by atoms with Crippen LogP contribution in [0, 0.1) is 6.92 Å². The number of hydrogen-bond donors (Lipinski definition) is 2. The summed E-state index contributed by atoms with van der Waals surface area (Å²) in [6, 6.07) is 15.3. The highest BCUT2D eigenvalue weighted by molar-refractivity contribution is 6.03. The second kappa shape index (κ2) is 10.4. The molecule has 3 rings (SSSR count). The van der Waals surface area contributed by atoms with Crippen molar-refractivity contribution < 1.29 is 19.1 Å². The van der Waals surface area contributed by atoms with E-state index in [0.717, 1.165) is 11.6 Å². The Morgan fingerprint density at radius 3 is 2.53 bits per heavy atom. The minimum Gasteiger partial charge on any atom is -0.452 e. The summed E-state index contributed by atoms with van der Waals surface area (Å²) in [5.41, 5.74) is 1.72. The first-order chi connectivity index (χ1) is 15.4. The SMILES string of the molecule is CCCN(CC(=O)Nc1ccccc1C)C(=O)COC(=O)c1cc(=O)[nH]c2ccccc12. The highest BCUT2D eigenvalue weighted by atomic mass is 16.5. The average Bonchev–Trinajstić information content (AvgIpc) is 2.77. The quantitative estimate of drug-likeness (QED) is 0.529. The molecule has 3 aromatic rings. The van der Waals surface area contributed by atoms with Gasteiger partial charge in [-0.3, -0.25) is 14.4 Å². The zero-order valence-corrected chi connectivity index (χ0v) is 18.0. The lowest BCUT2D eigenvalue weighted by Crippen LogP contribution is -2.40. The Labute approximate surface area is 185 Å². The first-order valence-corrected chi connectivity index (χ1v) is 10.3. The van der Waals surface area contributed by atoms with Crippen molar-refractivity contribution in [3.63, 3.8) is 0 Å². The van der Waals surface area contributed by atoms with Crippen molar-refractivity contribution in [2.75, 3.05) is 25.0 Å². The van der Waals surface area contributed by atoms with Crippen LogP contribution in [-0.2, 0) is 14.3 Å². The molecule has 0 atom stereocenters. The van der Waals surface area contributed by atoms with Crippen LogP contribution in [0.5, 0.6) is 0 Å². The van der Waals surface area contributed by atoms with Gasteiger partial charge in [-0.05, 0) is 31.0 Å². The second-order valence-corrected chi connectivity index (χ2v) is 7.35. The molecule has 2 N–H and O–H groups in total. The maximum absolute atomic E-state index is 12.7. The van der Waals surface area contributed by atoms with Gasteiger partial charge >= 0.3 is 5.97 Å². The van der Waals surface area contributed by atoms with Gasteiger partial charge in [0.15, 0.2) is 6.61 Å². The lowest BCUT2D eigenvalue weighted by Gasteiger charge is -2.21. The number of nitrogens with one attached hydrogen (secondary N) is 2. The van der Waals surface area contributed by atoms with Gasteiger partial charge < -0.3 is 19.9 Å². The standard InChI is InChI=1S/C24H25N3O5/c1-3-12-27(14-22(29)25-19-10-6-4-8-16(19)2)23(30)15-32-24(31)18-13-21(28)26-20-11-7-5-9-17(18)20/h4-11,13H,3,12,14-15H2,1-2H3,(H,25,29)(H,26,28). The predicted molar refractivity (Wildman–Crippen MR) is 122 cm³/mol. The minimum atomic E-state index is -0.776. The van der Waals surface area contributed by atoms with E-state index in [2.05, 4.69) is 10.3 Å². The highest BCUT2D eigenvalue weighted by Gasteiger charge is 2.20. The molecule has 0 saturated carbocycles. The van der Waals surface area contributed by atoms with Crippen molar-refractivity contribution in [3.05, 3.63) is 76.1 Å². The number of anilines is 1. The Bertz CT molecular complexity index is 1200. The van der Waals surface area contributed by atoms with Gasteiger partial charge in [-0.15, -0.1) is 0 Å². The van der Waals surface area contributed by atoms with Gasteiger partial charge in [0.2, 0.25) is 11.5 Å². The molecule has 0 fully saturated rings. The minimum absolute atomic E-state index is 0.0801. The predicted octanol–water partition coefficient (Wildman–Crippen LogP) is 2.87. The number of rotatable bonds is 8. The van der Waals surface area contributed by atoms with Crippen molar-refractivity contribution in [1.82, 2.24) is 9.88 Å². The smallest absolute Gasteiger partial charge is 0.339 e. The van der Waals surface area contributed by atoms with Crippen LogP contribution < -0.4 is 10.9 Å². The Hall–Kier alpha value is -3.94. The maximum Gasteiger partial charge on any atom is 0.339 e. The number of nitrogens with zero attached hydrogens (tertiary/aromatic N) is 1. The van der Waals surface area contributed by atoms with Gasteiger partial charge in [-0.1, -0.05) is 43.3 Å². The van der Waals surface area contributed by atoms with Crippen molar-refractivity contribution in [2.24, 2.45) is 0 Å². The van der Waals surface area contributed by atoms with E-state index in [4.69, 9.17) is 4.74 Å². The molecule has 8 nitrogen and oxygen atoms in total. The number of aromatic amines is 1. The van der Waals surface area contributed by atoms with Crippen LogP contribution >= 0.6 is 0 Å². The molecule has 8 heteroatoms. The molecule has 0 bridgehead atoms. The number of benzene rings is 2. The lowest BCUT2D eigenvalue weighted by atomic mass is 10.1. The van der Waals surface area contributed by atoms with Gasteiger partial charge in [-0.2, -0.15) is 0 Å². The summed E-state index contributed by atoms with van der Waals surface area (Å²) >= 11 is 0. The fourth-order valence-corrected chi connectivity index (χ4v) is 3.31. The molecule has 166 valence electrons. The lowest BCUT2D eigenvalue weighted by molar-refractivity contribution is -0.137. The zero-order valence-electron chi connectivity index (χ0n) is 18.0. The topological polar surface area (TPSA) is 109 Å². The average molecular weight is 435 g/mol. The molecule has 2 amide bonds. The molecule has 1 aromatic heterocycles. The number of carbonyl (C=O) groups is 3. The number of aromatic nitrogens is 1. The summed E-state index contributed by atoms with van der Waals surface area (Å²) in [6.07, 6.45) is 0.635. The van der Waals surface area contributed by atoms with Crippen LogP contribution in [-0.4, -0.2) is 47.4 Å². The third-order valence-corrected chi connectivity index (χ3v) is 4.90. The number of H-pyrrole nitrogens is 1. The molecule has 0 unspecified atom stereocenters. The van der Waals surface area contributed by atoms with Gasteiger partial charge in [0.25, 0.3) is 5.91 Å². The molecule has 0 radical (unpaired) electrons. The zero-order chi connectivity index (χ0) is 23.1. The fourth-order valence-electron chi connectivity index (χ4n) is 3.31. The molecule has 1 heterocycles. The first kappa shape index (κ1) is 22.7. The third kappa shape index (κ3) is 5.60. The number of carbonyl (C=O) groups excluding carboxylic acids is 3. The van der Waals surface area contributed by atoms with Gasteiger partial charge in [0.05, 0.1) is 12.1 Å². The van der Waals surface area contributed by atoms with E-state index in [1.807, 2.05) is 32.0 Å². The molecule has 0 aliphatic carbocycles. The number of hydrogen-bond acceptors (Lipinski definition) is 5. The number of para-hydroxylation sites is 2. The molecular formula is C24H25N3O5. The van der Waals surface area contributed by atoms with Crippen molar-refractivity contribution in [3.8, 4) is 0 Å². The molecule has 0 aliphatic heterocycles. The number of amides is 2. The number of ether oxygens (including phenoxy) is 1. The number of esters is 1. The Morgan fingerprint density at radius 1 is 1.06 bits per heavy atom. The van der Waals surface area contributed by atoms with Crippen molar-refractivity contribution in [2.45, 2.75) is 20.3 Å². The van der Waals surface area contributed by atoms with E-state index >= 15 is 0 Å². The van der Waals surface area contributed by atoms with Crippen LogP contribution in [0.1, 0.15) is 29.3 Å². The summed E-state index contributed by atoms with van der Waals surface area (Å²) in [6.45, 7) is 3.41. The Balaban J connectivity index is 1.65. The van der Waals surface area contributed by atoms with Crippen LogP contribution in [0.2, 0.25) is 0 Å². The van der Waals surface area contributed by atoms with Gasteiger partial charge in [0.1, 0.15) is 0 Å². The highest BCUT2D eigenvalue weighted by Crippen LogP contribution is 2.16. The first-order valence-electron chi connectivity index (χ1n) is 10.3. The van der Waals surface area contributed by atoms with E-state index in [1.165, 1.54) is 4.90 Å². The molecule has 0 spiro atoms. The van der Waals surface area contributed by atoms with E-state index in [-0.39, 0.29) is 18.0 Å². The molecular weight excluding hydrogens is 410 g/mol. The van der Waals surface area contributed by atoms with E-state index < -0.39 is 24.0 Å². The largest absolute Gasteiger partial charge is 0.452 e. The Kier molecular flexibility index (Phi) is 7.38. The summed E-state index contributed by atoms with van der Waals surface area (Å²) in [5.74, 6) is -1.61.